The third-order valence-corrected chi connectivity index (χ3v) is 6.30. The van der Waals surface area contributed by atoms with Crippen LogP contribution in [0.2, 0.25) is 0 Å². The van der Waals surface area contributed by atoms with E-state index >= 15 is 0 Å². The Morgan fingerprint density at radius 2 is 1.54 bits per heavy atom. The highest BCUT2D eigenvalue weighted by Gasteiger charge is 2.38. The van der Waals surface area contributed by atoms with E-state index in [1.165, 1.54) is 26.9 Å². The van der Waals surface area contributed by atoms with Gasteiger partial charge in [0.1, 0.15) is 0 Å². The zero-order chi connectivity index (χ0) is 25.7. The van der Waals surface area contributed by atoms with Gasteiger partial charge >= 0.3 is 11.9 Å². The maximum absolute atomic E-state index is 12.5. The molecule has 8 nitrogen and oxygen atoms in total. The zero-order valence-corrected chi connectivity index (χ0v) is 20.6. The van der Waals surface area contributed by atoms with Crippen molar-refractivity contribution in [3.8, 4) is 17.2 Å². The van der Waals surface area contributed by atoms with Crippen LogP contribution in [0, 0.1) is 0 Å². The van der Waals surface area contributed by atoms with Crippen molar-refractivity contribution in [2.24, 2.45) is 0 Å². The van der Waals surface area contributed by atoms with Gasteiger partial charge in [0, 0.05) is 17.8 Å². The summed E-state index contributed by atoms with van der Waals surface area (Å²) in [6.07, 6.45) is 1.54. The summed E-state index contributed by atoms with van der Waals surface area (Å²) in [4.78, 5) is 26.9. The Hall–Kier alpha value is -3.94. The lowest BCUT2D eigenvalue weighted by molar-refractivity contribution is -0.133. The van der Waals surface area contributed by atoms with Crippen LogP contribution in [0.25, 0.3) is 5.57 Å². The molecule has 2 aromatic carbocycles. The van der Waals surface area contributed by atoms with Crippen molar-refractivity contribution < 1.29 is 34.0 Å². The number of carboxylic acid groups (broad SMARTS) is 2. The summed E-state index contributed by atoms with van der Waals surface area (Å²) < 4.78 is 16.2. The number of carbonyl (C=O) groups is 2. The number of aliphatic carboxylic acids is 2. The highest BCUT2D eigenvalue weighted by molar-refractivity contribution is 6.14. The first-order valence-electron chi connectivity index (χ1n) is 11.3. The lowest BCUT2D eigenvalue weighted by Crippen LogP contribution is -2.41. The van der Waals surface area contributed by atoms with Gasteiger partial charge in [-0.1, -0.05) is 30.3 Å². The minimum absolute atomic E-state index is 0.00184. The van der Waals surface area contributed by atoms with E-state index in [1.54, 1.807) is 26.0 Å². The van der Waals surface area contributed by atoms with E-state index in [4.69, 9.17) is 14.2 Å². The van der Waals surface area contributed by atoms with Gasteiger partial charge in [-0.2, -0.15) is 0 Å². The summed E-state index contributed by atoms with van der Waals surface area (Å²) >= 11 is 0. The normalized spacial score (nSPS) is 15.8. The van der Waals surface area contributed by atoms with Crippen molar-refractivity contribution in [3.63, 3.8) is 0 Å². The number of methoxy groups -OCH3 is 3. The molecule has 1 atom stereocenters. The Balaban J connectivity index is 2.12. The average Bonchev–Trinajstić information content (AvgIpc) is 2.84. The molecule has 35 heavy (non-hydrogen) atoms. The highest BCUT2D eigenvalue weighted by Crippen LogP contribution is 2.45. The summed E-state index contributed by atoms with van der Waals surface area (Å²) in [6, 6.07) is 12.6. The first kappa shape index (κ1) is 25.7. The first-order chi connectivity index (χ1) is 16.7. The molecule has 0 spiro atoms. The smallest absolute Gasteiger partial charge is 0.338 e. The lowest BCUT2D eigenvalue weighted by atomic mass is 9.84. The van der Waals surface area contributed by atoms with Crippen LogP contribution in [0.1, 0.15) is 31.4 Å². The molecule has 1 heterocycles. The second-order valence-electron chi connectivity index (χ2n) is 8.23. The van der Waals surface area contributed by atoms with Crippen LogP contribution in [0.5, 0.6) is 17.2 Å². The quantitative estimate of drug-likeness (QED) is 0.519. The maximum atomic E-state index is 12.5. The SMILES string of the molecule is COc1cc(C2=C(C(=O)O)C(C)N(CCCc3ccccc3)C(C)=C2C(=O)O)cc(OC)c1OC. The van der Waals surface area contributed by atoms with Crippen LogP contribution in [0.15, 0.2) is 59.3 Å². The molecule has 0 saturated heterocycles. The number of nitrogens with zero attached hydrogens (tertiary/aromatic N) is 1. The summed E-state index contributed by atoms with van der Waals surface area (Å²) in [5.74, 6) is -1.44. The predicted molar refractivity (Wildman–Crippen MR) is 132 cm³/mol. The minimum atomic E-state index is -1.20. The molecule has 0 amide bonds. The fraction of sp³-hybridized carbons (Fsp3) is 0.333. The molecule has 1 aliphatic rings. The van der Waals surface area contributed by atoms with Gasteiger partial charge in [-0.25, -0.2) is 9.59 Å². The average molecular weight is 482 g/mol. The summed E-state index contributed by atoms with van der Waals surface area (Å²) in [5.41, 5.74) is 2.12. The second kappa shape index (κ2) is 11.0. The van der Waals surface area contributed by atoms with Crippen LogP contribution >= 0.6 is 0 Å². The van der Waals surface area contributed by atoms with Gasteiger partial charge in [-0.05, 0) is 49.9 Å². The molecule has 0 saturated carbocycles. The largest absolute Gasteiger partial charge is 0.493 e. The number of allylic oxidation sites excluding steroid dienone is 1. The zero-order valence-electron chi connectivity index (χ0n) is 20.6. The van der Waals surface area contributed by atoms with Gasteiger partial charge in [0.25, 0.3) is 0 Å². The third-order valence-electron chi connectivity index (χ3n) is 6.30. The van der Waals surface area contributed by atoms with Crippen molar-refractivity contribution in [1.29, 1.82) is 0 Å². The van der Waals surface area contributed by atoms with Crippen molar-refractivity contribution in [1.82, 2.24) is 4.90 Å². The molecule has 0 bridgehead atoms. The second-order valence-corrected chi connectivity index (χ2v) is 8.23. The van der Waals surface area contributed by atoms with Crippen LogP contribution in [0.4, 0.5) is 0 Å². The topological polar surface area (TPSA) is 106 Å². The maximum Gasteiger partial charge on any atom is 0.338 e. The van der Waals surface area contributed by atoms with Gasteiger partial charge in [-0.15, -0.1) is 0 Å². The monoisotopic (exact) mass is 481 g/mol. The molecule has 186 valence electrons. The molecule has 2 aromatic rings. The Kier molecular flexibility index (Phi) is 8.06. The number of aryl methyl sites for hydroxylation is 1. The van der Waals surface area contributed by atoms with Crippen LogP contribution in [0.3, 0.4) is 0 Å². The molecule has 0 aliphatic carbocycles. The number of benzene rings is 2. The van der Waals surface area contributed by atoms with E-state index in [9.17, 15) is 19.8 Å². The Morgan fingerprint density at radius 3 is 2.03 bits per heavy atom. The third kappa shape index (κ3) is 5.11. The van der Waals surface area contributed by atoms with E-state index in [1.807, 2.05) is 35.2 Å². The van der Waals surface area contributed by atoms with E-state index in [-0.39, 0.29) is 16.7 Å². The molecule has 1 unspecified atom stereocenters. The highest BCUT2D eigenvalue weighted by atomic mass is 16.5. The van der Waals surface area contributed by atoms with E-state index < -0.39 is 18.0 Å². The molecular weight excluding hydrogens is 450 g/mol. The fourth-order valence-electron chi connectivity index (χ4n) is 4.65. The summed E-state index contributed by atoms with van der Waals surface area (Å²) in [6.45, 7) is 4.02. The number of ether oxygens (including phenoxy) is 3. The van der Waals surface area contributed by atoms with Gasteiger partial charge in [-0.3, -0.25) is 0 Å². The van der Waals surface area contributed by atoms with E-state index in [0.717, 1.165) is 12.8 Å². The van der Waals surface area contributed by atoms with Crippen molar-refractivity contribution >= 4 is 17.5 Å². The van der Waals surface area contributed by atoms with E-state index in [0.29, 0.717) is 35.1 Å². The Labute approximate surface area is 205 Å². The Bertz CT molecular complexity index is 1140. The molecule has 0 radical (unpaired) electrons. The van der Waals surface area contributed by atoms with Gasteiger partial charge in [0.2, 0.25) is 5.75 Å². The molecule has 3 rings (SSSR count). The molecule has 1 aliphatic heterocycles. The first-order valence-corrected chi connectivity index (χ1v) is 11.3. The predicted octanol–water partition coefficient (Wildman–Crippen LogP) is 4.25. The molecule has 8 heteroatoms. The van der Waals surface area contributed by atoms with Crippen LogP contribution in [-0.4, -0.2) is 61.0 Å². The number of hydrogen-bond acceptors (Lipinski definition) is 6. The molecule has 2 N–H and O–H groups in total. The van der Waals surface area contributed by atoms with Gasteiger partial charge in [0.05, 0.1) is 38.5 Å². The van der Waals surface area contributed by atoms with Crippen molar-refractivity contribution in [3.05, 3.63) is 70.4 Å². The molecule has 0 aromatic heterocycles. The Morgan fingerprint density at radius 1 is 0.943 bits per heavy atom. The minimum Gasteiger partial charge on any atom is -0.493 e. The standard InChI is InChI=1S/C27H31NO7/c1-16-22(26(29)30)24(19-14-20(33-3)25(35-5)21(15-19)34-4)23(27(31)32)17(2)28(16)13-9-12-18-10-7-6-8-11-18/h6-8,10-11,14-16H,9,12-13H2,1-5H3,(H,29,30)(H,31,32). The summed E-state index contributed by atoms with van der Waals surface area (Å²) in [5, 5.41) is 20.4. The van der Waals surface area contributed by atoms with Crippen molar-refractivity contribution in [2.45, 2.75) is 32.7 Å². The van der Waals surface area contributed by atoms with Crippen molar-refractivity contribution in [2.75, 3.05) is 27.9 Å². The van der Waals surface area contributed by atoms with Crippen LogP contribution < -0.4 is 14.2 Å². The lowest BCUT2D eigenvalue weighted by Gasteiger charge is -2.38. The molecular formula is C27H31NO7. The number of hydrogen-bond donors (Lipinski definition) is 2. The van der Waals surface area contributed by atoms with Crippen LogP contribution in [-0.2, 0) is 16.0 Å². The summed E-state index contributed by atoms with van der Waals surface area (Å²) in [7, 11) is 4.36. The number of carboxylic acids is 2. The molecule has 0 fully saturated rings. The van der Waals surface area contributed by atoms with Gasteiger partial charge in [0.15, 0.2) is 11.5 Å². The fourth-order valence-corrected chi connectivity index (χ4v) is 4.65. The van der Waals surface area contributed by atoms with E-state index in [2.05, 4.69) is 0 Å². The van der Waals surface area contributed by atoms with Gasteiger partial charge < -0.3 is 29.3 Å². The number of rotatable bonds is 10.